The van der Waals surface area contributed by atoms with Crippen LogP contribution in [0.4, 0.5) is 11.4 Å². The Morgan fingerprint density at radius 1 is 1.45 bits per heavy atom. The van der Waals surface area contributed by atoms with Crippen LogP contribution in [0.1, 0.15) is 24.4 Å². The van der Waals surface area contributed by atoms with Crippen molar-refractivity contribution in [3.05, 3.63) is 45.5 Å². The molecular formula is C14H16ClN5O2. The number of anilines is 1. The summed E-state index contributed by atoms with van der Waals surface area (Å²) in [6, 6.07) is 3.23. The van der Waals surface area contributed by atoms with Crippen LogP contribution >= 0.6 is 11.6 Å². The fourth-order valence-corrected chi connectivity index (χ4v) is 3.38. The van der Waals surface area contributed by atoms with E-state index in [1.54, 1.807) is 12.4 Å². The van der Waals surface area contributed by atoms with E-state index >= 15 is 0 Å². The average Bonchev–Trinajstić information content (AvgIpc) is 3.01. The monoisotopic (exact) mass is 321 g/mol. The number of non-ortho nitro benzene ring substituents is 1. The molecule has 0 radical (unpaired) electrons. The van der Waals surface area contributed by atoms with Gasteiger partial charge in [0.1, 0.15) is 12.7 Å². The first-order valence-corrected chi connectivity index (χ1v) is 7.47. The van der Waals surface area contributed by atoms with Gasteiger partial charge in [0.2, 0.25) is 0 Å². The second-order valence-corrected chi connectivity index (χ2v) is 5.87. The average molecular weight is 322 g/mol. The Morgan fingerprint density at radius 2 is 2.27 bits per heavy atom. The molecule has 0 aliphatic carbocycles. The van der Waals surface area contributed by atoms with Crippen molar-refractivity contribution in [2.45, 2.75) is 25.8 Å². The Hall–Kier alpha value is -2.15. The molecule has 22 heavy (non-hydrogen) atoms. The second-order valence-electron chi connectivity index (χ2n) is 5.47. The Bertz CT molecular complexity index is 666. The maximum atomic E-state index is 10.9. The van der Waals surface area contributed by atoms with Gasteiger partial charge in [0, 0.05) is 25.2 Å². The van der Waals surface area contributed by atoms with Gasteiger partial charge in [-0.25, -0.2) is 9.67 Å². The van der Waals surface area contributed by atoms with Gasteiger partial charge in [-0.05, 0) is 25.3 Å². The van der Waals surface area contributed by atoms with E-state index in [-0.39, 0.29) is 11.7 Å². The summed E-state index contributed by atoms with van der Waals surface area (Å²) in [6.45, 7) is 3.50. The summed E-state index contributed by atoms with van der Waals surface area (Å²) in [7, 11) is 0. The van der Waals surface area contributed by atoms with Crippen molar-refractivity contribution in [3.8, 4) is 0 Å². The first-order valence-electron chi connectivity index (χ1n) is 7.10. The van der Waals surface area contributed by atoms with E-state index in [4.69, 9.17) is 11.6 Å². The quantitative estimate of drug-likeness (QED) is 0.641. The van der Waals surface area contributed by atoms with Gasteiger partial charge in [-0.2, -0.15) is 5.10 Å². The SMILES string of the molecule is Cc1cc([N+](=O)[O-])cc(Cl)c1N1CCCC(n2cncn2)C1. The van der Waals surface area contributed by atoms with Gasteiger partial charge in [0.05, 0.1) is 21.7 Å². The third kappa shape index (κ3) is 2.76. The summed E-state index contributed by atoms with van der Waals surface area (Å²) in [5, 5.41) is 15.5. The van der Waals surface area contributed by atoms with Crippen molar-refractivity contribution < 1.29 is 4.92 Å². The number of nitro benzene ring substituents is 1. The van der Waals surface area contributed by atoms with Crippen LogP contribution in [-0.4, -0.2) is 32.8 Å². The van der Waals surface area contributed by atoms with Crippen LogP contribution in [0.3, 0.4) is 0 Å². The molecule has 8 heteroatoms. The maximum absolute atomic E-state index is 10.9. The molecule has 0 bridgehead atoms. The van der Waals surface area contributed by atoms with Crippen molar-refractivity contribution in [3.63, 3.8) is 0 Å². The first-order chi connectivity index (χ1) is 10.6. The molecule has 0 N–H and O–H groups in total. The number of halogens is 1. The van der Waals surface area contributed by atoms with Gasteiger partial charge in [-0.3, -0.25) is 10.1 Å². The Morgan fingerprint density at radius 3 is 2.91 bits per heavy atom. The predicted molar refractivity (Wildman–Crippen MR) is 83.3 cm³/mol. The van der Waals surface area contributed by atoms with Crippen LogP contribution < -0.4 is 4.90 Å². The van der Waals surface area contributed by atoms with Crippen molar-refractivity contribution in [2.75, 3.05) is 18.0 Å². The Kier molecular flexibility index (Phi) is 3.98. The number of piperidine rings is 1. The largest absolute Gasteiger partial charge is 0.368 e. The Balaban J connectivity index is 1.89. The lowest BCUT2D eigenvalue weighted by Crippen LogP contribution is -2.37. The molecule has 0 spiro atoms. The van der Waals surface area contributed by atoms with E-state index in [0.29, 0.717) is 5.02 Å². The van der Waals surface area contributed by atoms with Crippen LogP contribution in [0, 0.1) is 17.0 Å². The third-order valence-corrected chi connectivity index (χ3v) is 4.26. The van der Waals surface area contributed by atoms with Gasteiger partial charge in [0.25, 0.3) is 5.69 Å². The lowest BCUT2D eigenvalue weighted by Gasteiger charge is -2.35. The molecule has 1 saturated heterocycles. The van der Waals surface area contributed by atoms with Crippen molar-refractivity contribution in [2.24, 2.45) is 0 Å². The zero-order valence-electron chi connectivity index (χ0n) is 12.1. The summed E-state index contributed by atoms with van der Waals surface area (Å²) >= 11 is 6.30. The minimum atomic E-state index is -0.420. The van der Waals surface area contributed by atoms with Crippen LogP contribution in [0.25, 0.3) is 0 Å². The van der Waals surface area contributed by atoms with Gasteiger partial charge in [0.15, 0.2) is 0 Å². The minimum Gasteiger partial charge on any atom is -0.368 e. The van der Waals surface area contributed by atoms with E-state index < -0.39 is 4.92 Å². The molecule has 116 valence electrons. The molecule has 1 atom stereocenters. The van der Waals surface area contributed by atoms with Gasteiger partial charge < -0.3 is 4.90 Å². The van der Waals surface area contributed by atoms with E-state index in [9.17, 15) is 10.1 Å². The number of nitro groups is 1. The fourth-order valence-electron chi connectivity index (χ4n) is 3.00. The van der Waals surface area contributed by atoms with E-state index in [1.165, 1.54) is 12.4 Å². The topological polar surface area (TPSA) is 77.1 Å². The lowest BCUT2D eigenvalue weighted by atomic mass is 10.0. The molecule has 1 unspecified atom stereocenters. The molecule has 3 rings (SSSR count). The highest BCUT2D eigenvalue weighted by molar-refractivity contribution is 6.33. The summed E-state index contributed by atoms with van der Waals surface area (Å²) in [5.41, 5.74) is 1.71. The number of aromatic nitrogens is 3. The van der Waals surface area contributed by atoms with Crippen LogP contribution in [-0.2, 0) is 0 Å². The van der Waals surface area contributed by atoms with Crippen molar-refractivity contribution in [1.82, 2.24) is 14.8 Å². The van der Waals surface area contributed by atoms with E-state index in [1.807, 2.05) is 11.6 Å². The summed E-state index contributed by atoms with van der Waals surface area (Å²) in [6.07, 6.45) is 5.29. The fraction of sp³-hybridized carbons (Fsp3) is 0.429. The number of nitrogens with zero attached hydrogens (tertiary/aromatic N) is 5. The zero-order valence-corrected chi connectivity index (χ0v) is 12.9. The van der Waals surface area contributed by atoms with E-state index in [2.05, 4.69) is 15.0 Å². The highest BCUT2D eigenvalue weighted by Gasteiger charge is 2.25. The summed E-state index contributed by atoms with van der Waals surface area (Å²) < 4.78 is 1.86. The maximum Gasteiger partial charge on any atom is 0.271 e. The molecule has 1 aromatic carbocycles. The molecule has 2 heterocycles. The second kappa shape index (κ2) is 5.92. The molecular weight excluding hydrogens is 306 g/mol. The molecule has 1 aliphatic rings. The number of rotatable bonds is 3. The van der Waals surface area contributed by atoms with Crippen LogP contribution in [0.2, 0.25) is 5.02 Å². The Labute approximate surface area is 132 Å². The number of aryl methyl sites for hydroxylation is 1. The predicted octanol–water partition coefficient (Wildman–Crippen LogP) is 2.99. The number of hydrogen-bond donors (Lipinski definition) is 0. The molecule has 2 aromatic rings. The number of hydrogen-bond acceptors (Lipinski definition) is 5. The van der Waals surface area contributed by atoms with Crippen molar-refractivity contribution >= 4 is 23.0 Å². The molecule has 7 nitrogen and oxygen atoms in total. The molecule has 1 aromatic heterocycles. The lowest BCUT2D eigenvalue weighted by molar-refractivity contribution is -0.384. The normalized spacial score (nSPS) is 18.5. The standard InChI is InChI=1S/C14H16ClN5O2/c1-10-5-12(20(21)22)6-13(15)14(10)18-4-2-3-11(7-18)19-9-16-8-17-19/h5-6,8-9,11H,2-4,7H2,1H3. The first kappa shape index (κ1) is 14.8. The smallest absolute Gasteiger partial charge is 0.271 e. The molecule has 0 saturated carbocycles. The molecule has 1 fully saturated rings. The van der Waals surface area contributed by atoms with Gasteiger partial charge in [-0.15, -0.1) is 0 Å². The molecule has 1 aliphatic heterocycles. The van der Waals surface area contributed by atoms with Crippen LogP contribution in [0.15, 0.2) is 24.8 Å². The van der Waals surface area contributed by atoms with Gasteiger partial charge >= 0.3 is 0 Å². The van der Waals surface area contributed by atoms with Gasteiger partial charge in [-0.1, -0.05) is 11.6 Å². The highest BCUT2D eigenvalue weighted by Crippen LogP contribution is 2.36. The van der Waals surface area contributed by atoms with E-state index in [0.717, 1.165) is 37.2 Å². The molecule has 0 amide bonds. The van der Waals surface area contributed by atoms with Crippen molar-refractivity contribution in [1.29, 1.82) is 0 Å². The summed E-state index contributed by atoms with van der Waals surface area (Å²) in [4.78, 5) is 16.7. The minimum absolute atomic E-state index is 0.0242. The third-order valence-electron chi connectivity index (χ3n) is 3.97. The van der Waals surface area contributed by atoms with Crippen LogP contribution in [0.5, 0.6) is 0 Å². The number of benzene rings is 1. The summed E-state index contributed by atoms with van der Waals surface area (Å²) in [5.74, 6) is 0. The highest BCUT2D eigenvalue weighted by atomic mass is 35.5. The zero-order chi connectivity index (χ0) is 15.7.